The lowest BCUT2D eigenvalue weighted by atomic mass is 9.88. The van der Waals surface area contributed by atoms with Crippen LogP contribution in [0, 0.1) is 5.92 Å². The largest absolute Gasteiger partial charge is 0.493 e. The Labute approximate surface area is 197 Å². The van der Waals surface area contributed by atoms with E-state index in [2.05, 4.69) is 16.5 Å². The van der Waals surface area contributed by atoms with Crippen molar-refractivity contribution >= 4 is 10.0 Å². The Hall–Kier alpha value is -1.43. The lowest BCUT2D eigenvalue weighted by Crippen LogP contribution is -2.59. The van der Waals surface area contributed by atoms with Gasteiger partial charge in [-0.3, -0.25) is 9.80 Å². The van der Waals surface area contributed by atoms with Crippen LogP contribution in [0.25, 0.3) is 0 Å². The van der Waals surface area contributed by atoms with Crippen molar-refractivity contribution in [1.29, 1.82) is 0 Å². The Kier molecular flexibility index (Phi) is 8.99. The van der Waals surface area contributed by atoms with Crippen LogP contribution in [0.4, 0.5) is 0 Å². The van der Waals surface area contributed by atoms with Crippen LogP contribution < -0.4 is 14.2 Å². The van der Waals surface area contributed by atoms with Crippen LogP contribution in [-0.4, -0.2) is 99.4 Å². The van der Waals surface area contributed by atoms with Gasteiger partial charge in [0.15, 0.2) is 11.5 Å². The summed E-state index contributed by atoms with van der Waals surface area (Å²) in [5.74, 6) is 2.20. The molecule has 2 saturated heterocycles. The van der Waals surface area contributed by atoms with Gasteiger partial charge in [-0.1, -0.05) is 13.0 Å². The highest BCUT2D eigenvalue weighted by Crippen LogP contribution is 2.30. The Morgan fingerprint density at radius 1 is 1.18 bits per heavy atom. The molecule has 1 aromatic rings. The summed E-state index contributed by atoms with van der Waals surface area (Å²) in [5, 5.41) is 21.1. The standard InChI is InChI=1S/C23H39N3O6S/c1-18-6-9-25(10-7-18)12-13-32-20-5-4-19(14-21(20)31-2)15-26-11-8-23(28,22(27)16-26)17-24-33(3,29)30/h4-5,14,18,22,24,27-28H,6-13,15-17H2,1-3H3/t22-,23-/m1/s1. The minimum atomic E-state index is -3.44. The van der Waals surface area contributed by atoms with Crippen LogP contribution >= 0.6 is 0 Å². The van der Waals surface area contributed by atoms with Crippen molar-refractivity contribution in [1.82, 2.24) is 14.5 Å². The number of benzene rings is 1. The number of hydrogen-bond donors (Lipinski definition) is 3. The molecular weight excluding hydrogens is 446 g/mol. The molecule has 9 nitrogen and oxygen atoms in total. The number of aliphatic hydroxyl groups is 2. The Morgan fingerprint density at radius 2 is 1.91 bits per heavy atom. The van der Waals surface area contributed by atoms with Crippen molar-refractivity contribution in [2.45, 2.75) is 44.4 Å². The van der Waals surface area contributed by atoms with Gasteiger partial charge in [0.05, 0.1) is 19.5 Å². The fourth-order valence-corrected chi connectivity index (χ4v) is 4.90. The number of likely N-dealkylation sites (tertiary alicyclic amines) is 2. The van der Waals surface area contributed by atoms with E-state index in [9.17, 15) is 18.6 Å². The molecule has 0 saturated carbocycles. The van der Waals surface area contributed by atoms with E-state index < -0.39 is 21.7 Å². The van der Waals surface area contributed by atoms with E-state index in [0.717, 1.165) is 37.4 Å². The number of sulfonamides is 1. The molecule has 2 fully saturated rings. The second-order valence-corrected chi connectivity index (χ2v) is 11.4. The predicted molar refractivity (Wildman–Crippen MR) is 127 cm³/mol. The van der Waals surface area contributed by atoms with E-state index in [1.54, 1.807) is 7.11 Å². The molecule has 3 N–H and O–H groups in total. The highest BCUT2D eigenvalue weighted by Gasteiger charge is 2.41. The van der Waals surface area contributed by atoms with Crippen molar-refractivity contribution in [2.75, 3.05) is 59.2 Å². The molecule has 0 bridgehead atoms. The first-order chi connectivity index (χ1) is 15.6. The number of methoxy groups -OCH3 is 1. The number of rotatable bonds is 10. The summed E-state index contributed by atoms with van der Waals surface area (Å²) < 4.78 is 36.5. The minimum absolute atomic E-state index is 0.197. The third-order valence-electron chi connectivity index (χ3n) is 6.73. The Morgan fingerprint density at radius 3 is 2.55 bits per heavy atom. The summed E-state index contributed by atoms with van der Waals surface area (Å²) in [5.41, 5.74) is -0.461. The molecule has 0 amide bonds. The summed E-state index contributed by atoms with van der Waals surface area (Å²) in [6, 6.07) is 5.84. The first-order valence-electron chi connectivity index (χ1n) is 11.7. The molecule has 0 aliphatic carbocycles. The third-order valence-corrected chi connectivity index (χ3v) is 7.40. The molecule has 3 rings (SSSR count). The van der Waals surface area contributed by atoms with Crippen LogP contribution in [0.15, 0.2) is 18.2 Å². The number of ether oxygens (including phenoxy) is 2. The number of hydrogen-bond acceptors (Lipinski definition) is 8. The molecule has 33 heavy (non-hydrogen) atoms. The van der Waals surface area contributed by atoms with E-state index in [0.29, 0.717) is 31.2 Å². The lowest BCUT2D eigenvalue weighted by molar-refractivity contribution is -0.115. The number of aliphatic hydroxyl groups excluding tert-OH is 1. The minimum Gasteiger partial charge on any atom is -0.493 e. The van der Waals surface area contributed by atoms with Crippen LogP contribution in [0.3, 0.4) is 0 Å². The van der Waals surface area contributed by atoms with Gasteiger partial charge in [0.2, 0.25) is 10.0 Å². The van der Waals surface area contributed by atoms with Crippen molar-refractivity contribution in [3.8, 4) is 11.5 Å². The van der Waals surface area contributed by atoms with E-state index in [-0.39, 0.29) is 19.5 Å². The van der Waals surface area contributed by atoms with E-state index >= 15 is 0 Å². The quantitative estimate of drug-likeness (QED) is 0.443. The zero-order valence-electron chi connectivity index (χ0n) is 20.0. The zero-order valence-corrected chi connectivity index (χ0v) is 20.8. The monoisotopic (exact) mass is 485 g/mol. The number of nitrogens with one attached hydrogen (secondary N) is 1. The summed E-state index contributed by atoms with van der Waals surface area (Å²) >= 11 is 0. The van der Waals surface area contributed by atoms with Crippen molar-refractivity contribution < 1.29 is 28.1 Å². The predicted octanol–water partition coefficient (Wildman–Crippen LogP) is 0.653. The molecule has 10 heteroatoms. The molecule has 0 radical (unpaired) electrons. The normalized spacial score (nSPS) is 25.8. The maximum atomic E-state index is 11.3. The molecule has 0 unspecified atom stereocenters. The van der Waals surface area contributed by atoms with Gasteiger partial charge in [0.25, 0.3) is 0 Å². The first kappa shape index (κ1) is 26.2. The summed E-state index contributed by atoms with van der Waals surface area (Å²) in [4.78, 5) is 4.47. The summed E-state index contributed by atoms with van der Waals surface area (Å²) in [6.45, 7) is 7.24. The summed E-state index contributed by atoms with van der Waals surface area (Å²) in [7, 11) is -1.82. The number of piperidine rings is 2. The smallest absolute Gasteiger partial charge is 0.208 e. The van der Waals surface area contributed by atoms with Gasteiger partial charge in [0.1, 0.15) is 12.2 Å². The molecule has 0 spiro atoms. The van der Waals surface area contributed by atoms with Crippen LogP contribution in [0.5, 0.6) is 11.5 Å². The van der Waals surface area contributed by atoms with Crippen molar-refractivity contribution in [3.05, 3.63) is 23.8 Å². The maximum Gasteiger partial charge on any atom is 0.208 e. The Bertz CT molecular complexity index is 875. The molecule has 2 aliphatic rings. The molecule has 1 aromatic carbocycles. The molecule has 188 valence electrons. The highest BCUT2D eigenvalue weighted by atomic mass is 32.2. The van der Waals surface area contributed by atoms with Gasteiger partial charge >= 0.3 is 0 Å². The maximum absolute atomic E-state index is 11.3. The van der Waals surface area contributed by atoms with E-state index in [1.807, 2.05) is 23.1 Å². The van der Waals surface area contributed by atoms with E-state index in [4.69, 9.17) is 9.47 Å². The van der Waals surface area contributed by atoms with Crippen LogP contribution in [-0.2, 0) is 16.6 Å². The topological polar surface area (TPSA) is 112 Å². The molecule has 2 heterocycles. The van der Waals surface area contributed by atoms with Gasteiger partial charge in [-0.15, -0.1) is 0 Å². The second kappa shape index (κ2) is 11.3. The fourth-order valence-electron chi connectivity index (χ4n) is 4.39. The second-order valence-electron chi connectivity index (χ2n) is 9.56. The van der Waals surface area contributed by atoms with E-state index in [1.165, 1.54) is 12.8 Å². The van der Waals surface area contributed by atoms with Crippen molar-refractivity contribution in [3.63, 3.8) is 0 Å². The third kappa shape index (κ3) is 7.80. The van der Waals surface area contributed by atoms with Gasteiger partial charge in [0, 0.05) is 32.7 Å². The van der Waals surface area contributed by atoms with Crippen LogP contribution in [0.1, 0.15) is 31.7 Å². The molecular formula is C23H39N3O6S. The number of nitrogens with zero attached hydrogens (tertiary/aromatic N) is 2. The molecule has 0 aromatic heterocycles. The highest BCUT2D eigenvalue weighted by molar-refractivity contribution is 7.88. The van der Waals surface area contributed by atoms with Gasteiger partial charge in [-0.2, -0.15) is 0 Å². The van der Waals surface area contributed by atoms with Gasteiger partial charge in [-0.25, -0.2) is 13.1 Å². The first-order valence-corrected chi connectivity index (χ1v) is 13.6. The SMILES string of the molecule is COc1cc(CN2CC[C@@](O)(CNS(C)(=O)=O)[C@H](O)C2)ccc1OCCN1CCC(C)CC1. The van der Waals surface area contributed by atoms with Gasteiger partial charge < -0.3 is 19.7 Å². The average Bonchev–Trinajstić information content (AvgIpc) is 2.77. The molecule has 2 atom stereocenters. The average molecular weight is 486 g/mol. The molecule has 2 aliphatic heterocycles. The van der Waals surface area contributed by atoms with Crippen LogP contribution in [0.2, 0.25) is 0 Å². The lowest BCUT2D eigenvalue weighted by Gasteiger charge is -2.42. The summed E-state index contributed by atoms with van der Waals surface area (Å²) in [6.07, 6.45) is 2.74. The fraction of sp³-hybridized carbons (Fsp3) is 0.739. The number of β-amino-alcohol motifs (C(OH)–C–C–N with tert-alkyl or cyclic N) is 1. The zero-order chi connectivity index (χ0) is 24.1. The van der Waals surface area contributed by atoms with Gasteiger partial charge in [-0.05, 0) is 56.0 Å². The Balaban J connectivity index is 1.50. The van der Waals surface area contributed by atoms with Crippen molar-refractivity contribution in [2.24, 2.45) is 5.92 Å².